The van der Waals surface area contributed by atoms with Crippen LogP contribution in [0.4, 0.5) is 0 Å². The molecule has 1 heteroatoms. The third-order valence-corrected chi connectivity index (χ3v) is 2.31. The molecule has 84 valence electrons. The zero-order valence-electron chi connectivity index (χ0n) is 10.5. The summed E-state index contributed by atoms with van der Waals surface area (Å²) in [6.45, 7) is 12.0. The van der Waals surface area contributed by atoms with E-state index in [9.17, 15) is 0 Å². The first-order valence-corrected chi connectivity index (χ1v) is 5.69. The summed E-state index contributed by atoms with van der Waals surface area (Å²) in [4.78, 5) is 4.35. The minimum atomic E-state index is 1.04. The standard InChI is InChI=1S/C13H13N.C2H6/c1-9(2)11-4-5-13-12(7-11)6-10(3)8-14-13;1-2/h4-8H,1H2,2-3H3;1-2H3. The van der Waals surface area contributed by atoms with E-state index in [1.54, 1.807) is 0 Å². The van der Waals surface area contributed by atoms with Crippen LogP contribution in [0.5, 0.6) is 0 Å². The Morgan fingerprint density at radius 1 is 1.19 bits per heavy atom. The number of aryl methyl sites for hydroxylation is 1. The van der Waals surface area contributed by atoms with Gasteiger partial charge < -0.3 is 0 Å². The van der Waals surface area contributed by atoms with Crippen molar-refractivity contribution in [2.75, 3.05) is 0 Å². The van der Waals surface area contributed by atoms with Gasteiger partial charge >= 0.3 is 0 Å². The van der Waals surface area contributed by atoms with E-state index in [0.717, 1.165) is 11.1 Å². The lowest BCUT2D eigenvalue weighted by Crippen LogP contribution is -1.83. The molecule has 2 aromatic rings. The van der Waals surface area contributed by atoms with E-state index in [2.05, 4.69) is 36.7 Å². The summed E-state index contributed by atoms with van der Waals surface area (Å²) >= 11 is 0. The summed E-state index contributed by atoms with van der Waals surface area (Å²) in [7, 11) is 0. The monoisotopic (exact) mass is 213 g/mol. The predicted octanol–water partition coefficient (Wildman–Crippen LogP) is 4.60. The topological polar surface area (TPSA) is 12.9 Å². The molecule has 0 aliphatic rings. The molecule has 0 radical (unpaired) electrons. The van der Waals surface area contributed by atoms with Gasteiger partial charge in [-0.2, -0.15) is 0 Å². The Kier molecular flexibility index (Phi) is 4.24. The fraction of sp³-hybridized carbons (Fsp3) is 0.267. The molecule has 0 spiro atoms. The van der Waals surface area contributed by atoms with Gasteiger partial charge in [-0.15, -0.1) is 0 Å². The zero-order valence-corrected chi connectivity index (χ0v) is 10.5. The van der Waals surface area contributed by atoms with Crippen LogP contribution in [-0.2, 0) is 0 Å². The summed E-state index contributed by atoms with van der Waals surface area (Å²) in [5, 5.41) is 1.19. The molecule has 0 fully saturated rings. The molecule has 0 aliphatic carbocycles. The van der Waals surface area contributed by atoms with Crippen LogP contribution >= 0.6 is 0 Å². The maximum Gasteiger partial charge on any atom is 0.0702 e. The van der Waals surface area contributed by atoms with E-state index in [1.807, 2.05) is 33.0 Å². The molecular weight excluding hydrogens is 194 g/mol. The average Bonchev–Trinajstić information content (AvgIpc) is 2.30. The molecule has 0 saturated heterocycles. The van der Waals surface area contributed by atoms with Crippen LogP contribution in [0, 0.1) is 6.92 Å². The van der Waals surface area contributed by atoms with Crippen molar-refractivity contribution in [3.63, 3.8) is 0 Å². The molecule has 1 aromatic carbocycles. The van der Waals surface area contributed by atoms with Gasteiger partial charge in [-0.25, -0.2) is 0 Å². The first-order chi connectivity index (χ1) is 7.66. The summed E-state index contributed by atoms with van der Waals surface area (Å²) in [6, 6.07) is 8.39. The molecule has 0 atom stereocenters. The fourth-order valence-corrected chi connectivity index (χ4v) is 1.51. The van der Waals surface area contributed by atoms with E-state index in [1.165, 1.54) is 16.5 Å². The summed E-state index contributed by atoms with van der Waals surface area (Å²) in [6.07, 6.45) is 1.89. The van der Waals surface area contributed by atoms with Crippen molar-refractivity contribution in [3.05, 3.63) is 48.2 Å². The lowest BCUT2D eigenvalue weighted by atomic mass is 10.1. The van der Waals surface area contributed by atoms with Crippen molar-refractivity contribution >= 4 is 16.5 Å². The van der Waals surface area contributed by atoms with Crippen LogP contribution in [0.1, 0.15) is 31.9 Å². The van der Waals surface area contributed by atoms with E-state index in [0.29, 0.717) is 0 Å². The first-order valence-electron chi connectivity index (χ1n) is 5.69. The van der Waals surface area contributed by atoms with Crippen molar-refractivity contribution in [1.29, 1.82) is 0 Å². The zero-order chi connectivity index (χ0) is 12.1. The molecule has 1 aromatic heterocycles. The minimum Gasteiger partial charge on any atom is -0.256 e. The second-order valence-corrected chi connectivity index (χ2v) is 3.70. The van der Waals surface area contributed by atoms with Crippen molar-refractivity contribution in [2.45, 2.75) is 27.7 Å². The second-order valence-electron chi connectivity index (χ2n) is 3.70. The number of fused-ring (bicyclic) bond motifs is 1. The third-order valence-electron chi connectivity index (χ3n) is 2.31. The molecule has 0 unspecified atom stereocenters. The molecule has 0 amide bonds. The van der Waals surface area contributed by atoms with Crippen molar-refractivity contribution in [1.82, 2.24) is 4.98 Å². The van der Waals surface area contributed by atoms with Gasteiger partial charge in [0, 0.05) is 11.6 Å². The summed E-state index contributed by atoms with van der Waals surface area (Å²) in [5.41, 5.74) is 4.51. The Balaban J connectivity index is 0.000000606. The third kappa shape index (κ3) is 2.69. The SMILES string of the molecule is C=C(C)c1ccc2ncc(C)cc2c1.CC. The highest BCUT2D eigenvalue weighted by Crippen LogP contribution is 2.19. The minimum absolute atomic E-state index is 1.04. The van der Waals surface area contributed by atoms with E-state index >= 15 is 0 Å². The molecule has 0 bridgehead atoms. The average molecular weight is 213 g/mol. The molecule has 0 aliphatic heterocycles. The van der Waals surface area contributed by atoms with Gasteiger partial charge in [0.25, 0.3) is 0 Å². The quantitative estimate of drug-likeness (QED) is 0.674. The van der Waals surface area contributed by atoms with Crippen LogP contribution in [0.25, 0.3) is 16.5 Å². The lowest BCUT2D eigenvalue weighted by molar-refractivity contribution is 1.33. The number of benzene rings is 1. The van der Waals surface area contributed by atoms with Crippen molar-refractivity contribution in [2.24, 2.45) is 0 Å². The van der Waals surface area contributed by atoms with Crippen LogP contribution in [0.3, 0.4) is 0 Å². The Morgan fingerprint density at radius 3 is 2.50 bits per heavy atom. The molecule has 2 rings (SSSR count). The smallest absolute Gasteiger partial charge is 0.0702 e. The highest BCUT2D eigenvalue weighted by atomic mass is 14.6. The van der Waals surface area contributed by atoms with Gasteiger partial charge in [0.05, 0.1) is 5.52 Å². The van der Waals surface area contributed by atoms with Crippen LogP contribution < -0.4 is 0 Å². The van der Waals surface area contributed by atoms with E-state index in [-0.39, 0.29) is 0 Å². The lowest BCUT2D eigenvalue weighted by Gasteiger charge is -2.02. The Bertz CT molecular complexity index is 498. The Labute approximate surface area is 97.8 Å². The maximum atomic E-state index is 4.35. The normalized spacial score (nSPS) is 9.50. The number of aromatic nitrogens is 1. The Hall–Kier alpha value is -1.63. The van der Waals surface area contributed by atoms with E-state index < -0.39 is 0 Å². The number of nitrogens with zero attached hydrogens (tertiary/aromatic N) is 1. The number of hydrogen-bond donors (Lipinski definition) is 0. The number of rotatable bonds is 1. The number of allylic oxidation sites excluding steroid dienone is 1. The summed E-state index contributed by atoms with van der Waals surface area (Å²) in [5.74, 6) is 0. The molecule has 1 heterocycles. The number of hydrogen-bond acceptors (Lipinski definition) is 1. The number of pyridine rings is 1. The van der Waals surface area contributed by atoms with Gasteiger partial charge in [0.2, 0.25) is 0 Å². The molecule has 0 saturated carbocycles. The predicted molar refractivity (Wildman–Crippen MR) is 72.5 cm³/mol. The molecule has 0 N–H and O–H groups in total. The van der Waals surface area contributed by atoms with Crippen molar-refractivity contribution in [3.8, 4) is 0 Å². The fourth-order valence-electron chi connectivity index (χ4n) is 1.51. The van der Waals surface area contributed by atoms with Gasteiger partial charge in [-0.3, -0.25) is 4.98 Å². The highest BCUT2D eigenvalue weighted by molar-refractivity contribution is 5.83. The molecule has 16 heavy (non-hydrogen) atoms. The summed E-state index contributed by atoms with van der Waals surface area (Å²) < 4.78 is 0. The second kappa shape index (κ2) is 5.45. The van der Waals surface area contributed by atoms with Gasteiger partial charge in [0.15, 0.2) is 0 Å². The van der Waals surface area contributed by atoms with Crippen LogP contribution in [-0.4, -0.2) is 4.98 Å². The highest BCUT2D eigenvalue weighted by Gasteiger charge is 1.98. The molecule has 1 nitrogen and oxygen atoms in total. The largest absolute Gasteiger partial charge is 0.256 e. The van der Waals surface area contributed by atoms with E-state index in [4.69, 9.17) is 0 Å². The van der Waals surface area contributed by atoms with Gasteiger partial charge in [0.1, 0.15) is 0 Å². The van der Waals surface area contributed by atoms with Crippen LogP contribution in [0.2, 0.25) is 0 Å². The van der Waals surface area contributed by atoms with Gasteiger partial charge in [-0.1, -0.05) is 32.1 Å². The van der Waals surface area contributed by atoms with Crippen LogP contribution in [0.15, 0.2) is 37.0 Å². The first kappa shape index (κ1) is 12.4. The Morgan fingerprint density at radius 2 is 1.88 bits per heavy atom. The molecular formula is C15H19N. The van der Waals surface area contributed by atoms with Gasteiger partial charge in [-0.05, 0) is 43.2 Å². The van der Waals surface area contributed by atoms with Crippen molar-refractivity contribution < 1.29 is 0 Å². The maximum absolute atomic E-state index is 4.35.